The van der Waals surface area contributed by atoms with Gasteiger partial charge in [0.05, 0.1) is 5.92 Å². The van der Waals surface area contributed by atoms with Crippen molar-refractivity contribution in [3.05, 3.63) is 0 Å². The monoisotopic (exact) mass is 209 g/mol. The number of likely N-dealkylation sites (tertiary alicyclic amines) is 1. The van der Waals surface area contributed by atoms with E-state index in [9.17, 15) is 4.79 Å². The smallest absolute Gasteiger partial charge is 0.306 e. The first-order chi connectivity index (χ1) is 7.19. The minimum atomic E-state index is -0.572. The van der Waals surface area contributed by atoms with Crippen molar-refractivity contribution in [3.63, 3.8) is 0 Å². The van der Waals surface area contributed by atoms with Gasteiger partial charge in [-0.15, -0.1) is 0 Å². The third-order valence-corrected chi connectivity index (χ3v) is 4.58. The van der Waals surface area contributed by atoms with Crippen LogP contribution >= 0.6 is 0 Å². The molecular formula is C12H19NO2. The van der Waals surface area contributed by atoms with Gasteiger partial charge in [0.2, 0.25) is 0 Å². The van der Waals surface area contributed by atoms with Crippen molar-refractivity contribution in [2.75, 3.05) is 13.1 Å². The topological polar surface area (TPSA) is 40.5 Å². The number of hydrogen-bond donors (Lipinski definition) is 1. The third-order valence-electron chi connectivity index (χ3n) is 4.58. The lowest BCUT2D eigenvalue weighted by Gasteiger charge is -2.23. The first-order valence-corrected chi connectivity index (χ1v) is 6.15. The maximum atomic E-state index is 11.0. The van der Waals surface area contributed by atoms with Crippen LogP contribution in [0.25, 0.3) is 0 Å². The summed E-state index contributed by atoms with van der Waals surface area (Å²) in [6, 6.07) is 0.855. The molecule has 0 aromatic heterocycles. The van der Waals surface area contributed by atoms with Gasteiger partial charge in [-0.3, -0.25) is 9.69 Å². The van der Waals surface area contributed by atoms with Crippen molar-refractivity contribution in [3.8, 4) is 0 Å². The highest BCUT2D eigenvalue weighted by molar-refractivity contribution is 5.70. The lowest BCUT2D eigenvalue weighted by atomic mass is 9.84. The highest BCUT2D eigenvalue weighted by atomic mass is 16.4. The van der Waals surface area contributed by atoms with Crippen molar-refractivity contribution in [2.24, 2.45) is 11.3 Å². The Bertz CT molecular complexity index is 287. The van der Waals surface area contributed by atoms with Gasteiger partial charge < -0.3 is 5.11 Å². The van der Waals surface area contributed by atoms with Gasteiger partial charge in [-0.25, -0.2) is 0 Å². The first kappa shape index (κ1) is 9.64. The van der Waals surface area contributed by atoms with Gasteiger partial charge >= 0.3 is 5.97 Å². The normalized spacial score (nSPS) is 41.5. The summed E-state index contributed by atoms with van der Waals surface area (Å²) < 4.78 is 0. The van der Waals surface area contributed by atoms with E-state index in [1.165, 1.54) is 32.4 Å². The molecule has 0 aromatic rings. The number of aliphatic carboxylic acids is 1. The van der Waals surface area contributed by atoms with E-state index in [0.29, 0.717) is 5.41 Å². The van der Waals surface area contributed by atoms with Crippen LogP contribution in [-0.4, -0.2) is 35.1 Å². The number of carboxylic acid groups (broad SMARTS) is 1. The maximum absolute atomic E-state index is 11.0. The molecule has 2 saturated carbocycles. The third kappa shape index (κ3) is 1.67. The minimum absolute atomic E-state index is 0.0517. The van der Waals surface area contributed by atoms with Crippen molar-refractivity contribution in [2.45, 2.75) is 44.6 Å². The highest BCUT2D eigenvalue weighted by Gasteiger charge is 2.48. The van der Waals surface area contributed by atoms with Gasteiger partial charge in [-0.1, -0.05) is 0 Å². The van der Waals surface area contributed by atoms with Crippen LogP contribution in [0.3, 0.4) is 0 Å². The molecule has 2 aliphatic carbocycles. The molecular weight excluding hydrogens is 190 g/mol. The van der Waals surface area contributed by atoms with Crippen LogP contribution in [0.2, 0.25) is 0 Å². The molecule has 2 atom stereocenters. The van der Waals surface area contributed by atoms with Crippen molar-refractivity contribution >= 4 is 5.97 Å². The fourth-order valence-corrected chi connectivity index (χ4v) is 3.51. The molecule has 1 N–H and O–H groups in total. The fraction of sp³-hybridized carbons (Fsp3) is 0.917. The molecule has 15 heavy (non-hydrogen) atoms. The number of carbonyl (C=O) groups is 1. The maximum Gasteiger partial charge on any atom is 0.306 e. The summed E-state index contributed by atoms with van der Waals surface area (Å²) in [5, 5.41) is 9.03. The van der Waals surface area contributed by atoms with E-state index in [1.807, 2.05) is 0 Å². The molecule has 1 aliphatic heterocycles. The van der Waals surface area contributed by atoms with Crippen molar-refractivity contribution in [1.29, 1.82) is 0 Å². The molecule has 1 spiro atoms. The summed E-state index contributed by atoms with van der Waals surface area (Å²) in [6.07, 6.45) is 6.98. The lowest BCUT2D eigenvalue weighted by Crippen LogP contribution is -2.27. The molecule has 3 heteroatoms. The van der Waals surface area contributed by atoms with Gasteiger partial charge in [-0.2, -0.15) is 0 Å². The van der Waals surface area contributed by atoms with Gasteiger partial charge in [-0.05, 0) is 50.5 Å². The van der Waals surface area contributed by atoms with Crippen molar-refractivity contribution in [1.82, 2.24) is 4.90 Å². The SMILES string of the molecule is O=C(O)C1CCC2(CCN(C3CC3)C2)C1. The predicted molar refractivity (Wildman–Crippen MR) is 56.6 cm³/mol. The molecule has 0 radical (unpaired) electrons. The van der Waals surface area contributed by atoms with E-state index in [0.717, 1.165) is 25.3 Å². The molecule has 3 nitrogen and oxygen atoms in total. The summed E-state index contributed by atoms with van der Waals surface area (Å²) in [5.41, 5.74) is 0.381. The highest BCUT2D eigenvalue weighted by Crippen LogP contribution is 2.50. The van der Waals surface area contributed by atoms with E-state index in [-0.39, 0.29) is 5.92 Å². The van der Waals surface area contributed by atoms with Crippen LogP contribution in [0.5, 0.6) is 0 Å². The Labute approximate surface area is 90.5 Å². The van der Waals surface area contributed by atoms with Crippen LogP contribution < -0.4 is 0 Å². The van der Waals surface area contributed by atoms with E-state index in [4.69, 9.17) is 5.11 Å². The number of hydrogen-bond acceptors (Lipinski definition) is 2. The van der Waals surface area contributed by atoms with E-state index < -0.39 is 5.97 Å². The molecule has 3 rings (SSSR count). The van der Waals surface area contributed by atoms with Crippen LogP contribution in [0.1, 0.15) is 38.5 Å². The second-order valence-electron chi connectivity index (χ2n) is 5.73. The number of rotatable bonds is 2. The van der Waals surface area contributed by atoms with Crippen LogP contribution in [0, 0.1) is 11.3 Å². The van der Waals surface area contributed by atoms with Crippen molar-refractivity contribution < 1.29 is 9.90 Å². The van der Waals surface area contributed by atoms with E-state index >= 15 is 0 Å². The zero-order chi connectivity index (χ0) is 10.5. The Morgan fingerprint density at radius 1 is 1.27 bits per heavy atom. The van der Waals surface area contributed by atoms with Crippen LogP contribution in [0.4, 0.5) is 0 Å². The Kier molecular flexibility index (Phi) is 2.06. The molecule has 0 aromatic carbocycles. The average molecular weight is 209 g/mol. The zero-order valence-electron chi connectivity index (χ0n) is 9.11. The standard InChI is InChI=1S/C12H19NO2/c14-11(15)9-3-4-12(7-9)5-6-13(8-12)10-1-2-10/h9-10H,1-8H2,(H,14,15). The Hall–Kier alpha value is -0.570. The summed E-state index contributed by atoms with van der Waals surface area (Å²) in [4.78, 5) is 13.6. The fourth-order valence-electron chi connectivity index (χ4n) is 3.51. The predicted octanol–water partition coefficient (Wildman–Crippen LogP) is 1.73. The summed E-state index contributed by atoms with van der Waals surface area (Å²) in [6.45, 7) is 2.40. The molecule has 0 bridgehead atoms. The molecule has 1 heterocycles. The lowest BCUT2D eigenvalue weighted by molar-refractivity contribution is -0.141. The van der Waals surface area contributed by atoms with Gasteiger partial charge in [0.1, 0.15) is 0 Å². The quantitative estimate of drug-likeness (QED) is 0.753. The molecule has 3 fully saturated rings. The second-order valence-corrected chi connectivity index (χ2v) is 5.73. The molecule has 1 saturated heterocycles. The Balaban J connectivity index is 1.64. The summed E-state index contributed by atoms with van der Waals surface area (Å²) in [5.74, 6) is -0.624. The Morgan fingerprint density at radius 3 is 2.67 bits per heavy atom. The molecule has 0 amide bonds. The Morgan fingerprint density at radius 2 is 2.07 bits per heavy atom. The van der Waals surface area contributed by atoms with Crippen LogP contribution in [0.15, 0.2) is 0 Å². The van der Waals surface area contributed by atoms with Crippen LogP contribution in [-0.2, 0) is 4.79 Å². The van der Waals surface area contributed by atoms with Gasteiger partial charge in [0.15, 0.2) is 0 Å². The second kappa shape index (κ2) is 3.21. The average Bonchev–Trinajstić information content (AvgIpc) is 2.85. The van der Waals surface area contributed by atoms with E-state index in [2.05, 4.69) is 4.90 Å². The molecule has 2 unspecified atom stereocenters. The summed E-state index contributed by atoms with van der Waals surface area (Å²) >= 11 is 0. The van der Waals surface area contributed by atoms with Gasteiger partial charge in [0.25, 0.3) is 0 Å². The number of carboxylic acids is 1. The minimum Gasteiger partial charge on any atom is -0.481 e. The molecule has 84 valence electrons. The molecule has 3 aliphatic rings. The summed E-state index contributed by atoms with van der Waals surface area (Å²) in [7, 11) is 0. The van der Waals surface area contributed by atoms with E-state index in [1.54, 1.807) is 0 Å². The first-order valence-electron chi connectivity index (χ1n) is 6.15. The number of nitrogens with zero attached hydrogens (tertiary/aromatic N) is 1. The zero-order valence-corrected chi connectivity index (χ0v) is 9.11. The largest absolute Gasteiger partial charge is 0.481 e. The van der Waals surface area contributed by atoms with Gasteiger partial charge in [0, 0.05) is 12.6 Å².